The zero-order chi connectivity index (χ0) is 24.4. The summed E-state index contributed by atoms with van der Waals surface area (Å²) in [6.45, 7) is 9.61. The van der Waals surface area contributed by atoms with Gasteiger partial charge in [-0.3, -0.25) is 10.1 Å². The molecule has 2 aromatic rings. The number of aryl methyl sites for hydroxylation is 2. The zero-order valence-corrected chi connectivity index (χ0v) is 19.8. The van der Waals surface area contributed by atoms with Crippen molar-refractivity contribution in [3.63, 3.8) is 0 Å². The highest BCUT2D eigenvalue weighted by atomic mass is 16.6. The van der Waals surface area contributed by atoms with Crippen molar-refractivity contribution in [2.24, 2.45) is 0 Å². The van der Waals surface area contributed by atoms with Crippen molar-refractivity contribution >= 4 is 18.0 Å². The minimum Gasteiger partial charge on any atom is -0.476 e. The number of carbonyl (C=O) groups is 3. The van der Waals surface area contributed by atoms with Crippen molar-refractivity contribution in [3.8, 4) is 5.75 Å². The van der Waals surface area contributed by atoms with Crippen molar-refractivity contribution in [1.29, 1.82) is 0 Å². The molecule has 0 heterocycles. The number of benzene rings is 2. The summed E-state index contributed by atoms with van der Waals surface area (Å²) in [6, 6.07) is 13.0. The Morgan fingerprint density at radius 1 is 0.939 bits per heavy atom. The molecule has 0 aliphatic rings. The Kier molecular flexibility index (Phi) is 9.42. The van der Waals surface area contributed by atoms with Crippen molar-refractivity contribution in [3.05, 3.63) is 64.7 Å². The summed E-state index contributed by atoms with van der Waals surface area (Å²) in [6.07, 6.45) is -0.789. The lowest BCUT2D eigenvalue weighted by Gasteiger charge is -2.26. The minimum absolute atomic E-state index is 0.0489. The van der Waals surface area contributed by atoms with Gasteiger partial charge in [-0.2, -0.15) is 0 Å². The number of esters is 1. The van der Waals surface area contributed by atoms with Crippen LogP contribution < -0.4 is 15.4 Å². The van der Waals surface area contributed by atoms with Gasteiger partial charge in [0, 0.05) is 6.54 Å². The summed E-state index contributed by atoms with van der Waals surface area (Å²) in [7, 11) is 0. The van der Waals surface area contributed by atoms with Crippen molar-refractivity contribution in [2.75, 3.05) is 13.2 Å². The molecule has 0 aliphatic carbocycles. The van der Waals surface area contributed by atoms with Crippen molar-refractivity contribution in [2.45, 2.75) is 53.4 Å². The molecule has 33 heavy (non-hydrogen) atoms. The first kappa shape index (κ1) is 25.9. The molecule has 2 aromatic carbocycles. The van der Waals surface area contributed by atoms with Crippen LogP contribution in [0, 0.1) is 13.8 Å². The third-order valence-electron chi connectivity index (χ3n) is 4.71. The Labute approximate surface area is 194 Å². The van der Waals surface area contributed by atoms with Crippen LogP contribution in [0.2, 0.25) is 0 Å². The number of imide groups is 1. The quantitative estimate of drug-likeness (QED) is 0.527. The molecule has 2 amide bonds. The third kappa shape index (κ3) is 8.23. The lowest BCUT2D eigenvalue weighted by molar-refractivity contribution is -0.158. The molecule has 0 unspecified atom stereocenters. The van der Waals surface area contributed by atoms with Crippen LogP contribution >= 0.6 is 0 Å². The normalized spacial score (nSPS) is 10.9. The Morgan fingerprint density at radius 2 is 1.58 bits per heavy atom. The average molecular weight is 457 g/mol. The van der Waals surface area contributed by atoms with E-state index >= 15 is 0 Å². The molecule has 0 spiro atoms. The van der Waals surface area contributed by atoms with Gasteiger partial charge in [0.25, 0.3) is 0 Å². The molecule has 0 aromatic heterocycles. The van der Waals surface area contributed by atoms with E-state index in [0.717, 1.165) is 22.3 Å². The fourth-order valence-corrected chi connectivity index (χ4v) is 3.14. The molecule has 0 atom stereocenters. The fourth-order valence-electron chi connectivity index (χ4n) is 3.14. The van der Waals surface area contributed by atoms with E-state index in [1.165, 1.54) is 0 Å². The van der Waals surface area contributed by atoms with Crippen LogP contribution in [0.1, 0.15) is 43.0 Å². The Morgan fingerprint density at radius 3 is 2.18 bits per heavy atom. The molecule has 2 rings (SSSR count). The van der Waals surface area contributed by atoms with E-state index < -0.39 is 23.6 Å². The largest absolute Gasteiger partial charge is 0.476 e. The van der Waals surface area contributed by atoms with Crippen LogP contribution in [-0.2, 0) is 32.2 Å². The number of alkyl carbamates (subject to hydrolysis) is 1. The topological polar surface area (TPSA) is 103 Å². The molecule has 178 valence electrons. The van der Waals surface area contributed by atoms with E-state index in [0.29, 0.717) is 12.3 Å². The van der Waals surface area contributed by atoms with Crippen LogP contribution in [0.4, 0.5) is 4.79 Å². The zero-order valence-electron chi connectivity index (χ0n) is 19.8. The van der Waals surface area contributed by atoms with Crippen LogP contribution in [0.15, 0.2) is 42.5 Å². The molecule has 2 N–H and O–H groups in total. The number of nitrogens with one attached hydrogen (secondary N) is 2. The van der Waals surface area contributed by atoms with E-state index in [1.807, 2.05) is 56.3 Å². The minimum atomic E-state index is -1.11. The molecular formula is C25H32N2O6. The molecule has 0 aliphatic heterocycles. The van der Waals surface area contributed by atoms with Crippen LogP contribution in [0.3, 0.4) is 0 Å². The maximum absolute atomic E-state index is 12.1. The molecule has 0 saturated heterocycles. The van der Waals surface area contributed by atoms with Gasteiger partial charge in [0.05, 0.1) is 13.2 Å². The molecule has 0 saturated carbocycles. The SMILES string of the molecule is CCOC(=O)C(C)(C)Oc1c(C)cc(CNCC(=O)NC(=O)OCc2ccccc2)cc1C. The highest BCUT2D eigenvalue weighted by molar-refractivity contribution is 5.92. The maximum Gasteiger partial charge on any atom is 0.414 e. The van der Waals surface area contributed by atoms with E-state index in [9.17, 15) is 14.4 Å². The van der Waals surface area contributed by atoms with Gasteiger partial charge in [-0.25, -0.2) is 9.59 Å². The number of carbonyl (C=O) groups excluding carboxylic acids is 3. The predicted octanol–water partition coefficient (Wildman–Crippen LogP) is 3.57. The van der Waals surface area contributed by atoms with Gasteiger partial charge in [-0.05, 0) is 56.9 Å². The monoisotopic (exact) mass is 456 g/mol. The van der Waals surface area contributed by atoms with Gasteiger partial charge in [0.15, 0.2) is 5.60 Å². The van der Waals surface area contributed by atoms with Crippen LogP contribution in [0.5, 0.6) is 5.75 Å². The predicted molar refractivity (Wildman–Crippen MR) is 124 cm³/mol. The van der Waals surface area contributed by atoms with E-state index in [1.54, 1.807) is 20.8 Å². The van der Waals surface area contributed by atoms with Crippen LogP contribution in [0.25, 0.3) is 0 Å². The van der Waals surface area contributed by atoms with E-state index in [4.69, 9.17) is 14.2 Å². The van der Waals surface area contributed by atoms with Gasteiger partial charge in [0.2, 0.25) is 5.91 Å². The lowest BCUT2D eigenvalue weighted by atomic mass is 10.0. The molecule has 8 heteroatoms. The molecule has 0 bridgehead atoms. The van der Waals surface area contributed by atoms with E-state index in [2.05, 4.69) is 10.6 Å². The highest BCUT2D eigenvalue weighted by Gasteiger charge is 2.32. The summed E-state index contributed by atoms with van der Waals surface area (Å²) >= 11 is 0. The number of ether oxygens (including phenoxy) is 3. The Hall–Kier alpha value is -3.39. The summed E-state index contributed by atoms with van der Waals surface area (Å²) in [5.74, 6) is -0.295. The van der Waals surface area contributed by atoms with Gasteiger partial charge < -0.3 is 19.5 Å². The Bertz CT molecular complexity index is 949. The third-order valence-corrected chi connectivity index (χ3v) is 4.71. The first-order chi connectivity index (χ1) is 15.6. The smallest absolute Gasteiger partial charge is 0.414 e. The highest BCUT2D eigenvalue weighted by Crippen LogP contribution is 2.29. The molecule has 0 radical (unpaired) electrons. The number of amides is 2. The second kappa shape index (κ2) is 12.0. The van der Waals surface area contributed by atoms with Gasteiger partial charge in [-0.1, -0.05) is 42.5 Å². The number of rotatable bonds is 10. The van der Waals surface area contributed by atoms with Gasteiger partial charge in [0.1, 0.15) is 12.4 Å². The van der Waals surface area contributed by atoms with Crippen LogP contribution in [-0.4, -0.2) is 36.7 Å². The van der Waals surface area contributed by atoms with Gasteiger partial charge >= 0.3 is 12.1 Å². The summed E-state index contributed by atoms with van der Waals surface area (Å²) in [5, 5.41) is 5.19. The van der Waals surface area contributed by atoms with Crippen molar-refractivity contribution in [1.82, 2.24) is 10.6 Å². The molecule has 0 fully saturated rings. The fraction of sp³-hybridized carbons (Fsp3) is 0.400. The average Bonchev–Trinajstić information content (AvgIpc) is 2.76. The van der Waals surface area contributed by atoms with Crippen molar-refractivity contribution < 1.29 is 28.6 Å². The second-order valence-corrected chi connectivity index (χ2v) is 8.11. The summed E-state index contributed by atoms with van der Waals surface area (Å²) < 4.78 is 16.1. The van der Waals surface area contributed by atoms with Gasteiger partial charge in [-0.15, -0.1) is 0 Å². The standard InChI is InChI=1S/C25H32N2O6/c1-6-31-23(29)25(4,5)33-22-17(2)12-20(13-18(22)3)14-26-15-21(28)27-24(30)32-16-19-10-8-7-9-11-19/h7-13,26H,6,14-16H2,1-5H3,(H,27,28,30). The summed E-state index contributed by atoms with van der Waals surface area (Å²) in [5.41, 5.74) is 2.38. The summed E-state index contributed by atoms with van der Waals surface area (Å²) in [4.78, 5) is 35.9. The molecule has 8 nitrogen and oxygen atoms in total. The maximum atomic E-state index is 12.1. The molecular weight excluding hydrogens is 424 g/mol. The van der Waals surface area contributed by atoms with E-state index in [-0.39, 0.29) is 19.8 Å². The number of hydrogen-bond acceptors (Lipinski definition) is 7. The second-order valence-electron chi connectivity index (χ2n) is 8.11. The Balaban J connectivity index is 1.83. The first-order valence-electron chi connectivity index (χ1n) is 10.8. The lowest BCUT2D eigenvalue weighted by Crippen LogP contribution is -2.40. The first-order valence-corrected chi connectivity index (χ1v) is 10.8. The number of hydrogen-bond donors (Lipinski definition) is 2.